The standard InChI is InChI=1S/C13H24F2N2O/c1-9(2)11(5-8-16)17-12(18)10-3-6-13(14,15)7-4-10/h9-11H,3-8,16H2,1-2H3,(H,17,18). The van der Waals surface area contributed by atoms with Gasteiger partial charge in [-0.25, -0.2) is 8.78 Å². The highest BCUT2D eigenvalue weighted by atomic mass is 19.3. The average Bonchev–Trinajstić information content (AvgIpc) is 2.28. The number of amides is 1. The van der Waals surface area contributed by atoms with Crippen LogP contribution < -0.4 is 11.1 Å². The maximum absolute atomic E-state index is 13.0. The summed E-state index contributed by atoms with van der Waals surface area (Å²) in [5.41, 5.74) is 5.51. The monoisotopic (exact) mass is 262 g/mol. The lowest BCUT2D eigenvalue weighted by Crippen LogP contribution is -2.44. The maximum Gasteiger partial charge on any atom is 0.248 e. The lowest BCUT2D eigenvalue weighted by molar-refractivity contribution is -0.130. The Morgan fingerprint density at radius 1 is 1.39 bits per heavy atom. The van der Waals surface area contributed by atoms with Crippen molar-refractivity contribution >= 4 is 5.91 Å². The van der Waals surface area contributed by atoms with Crippen molar-refractivity contribution in [1.82, 2.24) is 5.32 Å². The van der Waals surface area contributed by atoms with E-state index in [1.54, 1.807) is 0 Å². The van der Waals surface area contributed by atoms with E-state index in [-0.39, 0.29) is 43.6 Å². The van der Waals surface area contributed by atoms with Crippen molar-refractivity contribution in [2.24, 2.45) is 17.6 Å². The van der Waals surface area contributed by atoms with Gasteiger partial charge in [0.05, 0.1) is 0 Å². The molecule has 0 aromatic carbocycles. The van der Waals surface area contributed by atoms with Gasteiger partial charge in [0.2, 0.25) is 11.8 Å². The van der Waals surface area contributed by atoms with Gasteiger partial charge in [-0.05, 0) is 31.7 Å². The number of nitrogens with two attached hydrogens (primary N) is 1. The highest BCUT2D eigenvalue weighted by Gasteiger charge is 2.37. The van der Waals surface area contributed by atoms with Gasteiger partial charge in [0.1, 0.15) is 0 Å². The third-order valence-electron chi connectivity index (χ3n) is 3.70. The zero-order valence-electron chi connectivity index (χ0n) is 11.2. The molecule has 1 aliphatic carbocycles. The fraction of sp³-hybridized carbons (Fsp3) is 0.923. The third kappa shape index (κ3) is 4.52. The van der Waals surface area contributed by atoms with Gasteiger partial charge in [-0.3, -0.25) is 4.79 Å². The molecular formula is C13H24F2N2O. The van der Waals surface area contributed by atoms with E-state index in [1.165, 1.54) is 0 Å². The summed E-state index contributed by atoms with van der Waals surface area (Å²) in [6.07, 6.45) is 0.952. The fourth-order valence-corrected chi connectivity index (χ4v) is 2.35. The Kier molecular flexibility index (Phi) is 5.50. The van der Waals surface area contributed by atoms with Crippen LogP contribution in [0.25, 0.3) is 0 Å². The molecule has 1 fully saturated rings. The number of hydrogen-bond acceptors (Lipinski definition) is 2. The van der Waals surface area contributed by atoms with Crippen LogP contribution in [0.4, 0.5) is 8.78 Å². The molecule has 1 saturated carbocycles. The molecule has 0 heterocycles. The average molecular weight is 262 g/mol. The molecule has 18 heavy (non-hydrogen) atoms. The van der Waals surface area contributed by atoms with E-state index in [4.69, 9.17) is 5.73 Å². The van der Waals surface area contributed by atoms with E-state index in [0.717, 1.165) is 6.42 Å². The molecule has 0 aliphatic heterocycles. The number of carbonyl (C=O) groups excluding carboxylic acids is 1. The van der Waals surface area contributed by atoms with Gasteiger partial charge in [-0.1, -0.05) is 13.8 Å². The summed E-state index contributed by atoms with van der Waals surface area (Å²) in [6, 6.07) is 0.0462. The van der Waals surface area contributed by atoms with Gasteiger partial charge in [0.15, 0.2) is 0 Å². The summed E-state index contributed by atoms with van der Waals surface area (Å²) in [6.45, 7) is 4.57. The first kappa shape index (κ1) is 15.3. The molecule has 1 aliphatic rings. The first-order valence-electron chi connectivity index (χ1n) is 6.74. The summed E-state index contributed by atoms with van der Waals surface area (Å²) >= 11 is 0. The Morgan fingerprint density at radius 3 is 2.39 bits per heavy atom. The number of carbonyl (C=O) groups is 1. The van der Waals surface area contributed by atoms with Crippen molar-refractivity contribution in [2.45, 2.75) is 57.9 Å². The lowest BCUT2D eigenvalue weighted by Gasteiger charge is -2.30. The van der Waals surface area contributed by atoms with Gasteiger partial charge >= 0.3 is 0 Å². The van der Waals surface area contributed by atoms with Gasteiger partial charge in [0, 0.05) is 24.8 Å². The number of nitrogens with one attached hydrogen (secondary N) is 1. The highest BCUT2D eigenvalue weighted by Crippen LogP contribution is 2.36. The molecule has 0 saturated heterocycles. The predicted octanol–water partition coefficient (Wildman–Crippen LogP) is 2.30. The van der Waals surface area contributed by atoms with Crippen molar-refractivity contribution in [3.8, 4) is 0 Å². The second kappa shape index (κ2) is 6.45. The van der Waals surface area contributed by atoms with Gasteiger partial charge in [-0.15, -0.1) is 0 Å². The molecule has 1 atom stereocenters. The second-order valence-electron chi connectivity index (χ2n) is 5.57. The molecule has 106 valence electrons. The molecule has 1 unspecified atom stereocenters. The summed E-state index contributed by atoms with van der Waals surface area (Å²) < 4.78 is 26.0. The number of halogens is 2. The summed E-state index contributed by atoms with van der Waals surface area (Å²) in [7, 11) is 0. The summed E-state index contributed by atoms with van der Waals surface area (Å²) in [4.78, 5) is 12.0. The predicted molar refractivity (Wildman–Crippen MR) is 67.3 cm³/mol. The number of hydrogen-bond donors (Lipinski definition) is 2. The van der Waals surface area contributed by atoms with Crippen LogP contribution in [0.1, 0.15) is 46.0 Å². The van der Waals surface area contributed by atoms with Crippen molar-refractivity contribution in [3.05, 3.63) is 0 Å². The first-order valence-corrected chi connectivity index (χ1v) is 6.74. The normalized spacial score (nSPS) is 21.9. The van der Waals surface area contributed by atoms with E-state index in [1.807, 2.05) is 13.8 Å². The Balaban J connectivity index is 2.45. The molecule has 5 heteroatoms. The molecule has 1 rings (SSSR count). The summed E-state index contributed by atoms with van der Waals surface area (Å²) in [5.74, 6) is -2.62. The largest absolute Gasteiger partial charge is 0.353 e. The van der Waals surface area contributed by atoms with Gasteiger partial charge in [-0.2, -0.15) is 0 Å². The van der Waals surface area contributed by atoms with E-state index < -0.39 is 5.92 Å². The molecule has 1 amide bonds. The van der Waals surface area contributed by atoms with Crippen LogP contribution in [-0.4, -0.2) is 24.4 Å². The number of rotatable bonds is 5. The molecule has 3 N–H and O–H groups in total. The zero-order chi connectivity index (χ0) is 13.8. The molecular weight excluding hydrogens is 238 g/mol. The van der Waals surface area contributed by atoms with E-state index in [2.05, 4.69) is 5.32 Å². The van der Waals surface area contributed by atoms with E-state index in [9.17, 15) is 13.6 Å². The quantitative estimate of drug-likeness (QED) is 0.798. The lowest BCUT2D eigenvalue weighted by atomic mass is 9.85. The van der Waals surface area contributed by atoms with Crippen LogP contribution in [0.5, 0.6) is 0 Å². The topological polar surface area (TPSA) is 55.1 Å². The van der Waals surface area contributed by atoms with Crippen LogP contribution in [0.15, 0.2) is 0 Å². The van der Waals surface area contributed by atoms with E-state index >= 15 is 0 Å². The van der Waals surface area contributed by atoms with Crippen LogP contribution in [0, 0.1) is 11.8 Å². The minimum atomic E-state index is -2.58. The van der Waals surface area contributed by atoms with Crippen LogP contribution in [-0.2, 0) is 4.79 Å². The molecule has 0 bridgehead atoms. The molecule has 0 radical (unpaired) electrons. The van der Waals surface area contributed by atoms with Crippen molar-refractivity contribution < 1.29 is 13.6 Å². The Labute approximate surface area is 107 Å². The van der Waals surface area contributed by atoms with Gasteiger partial charge in [0.25, 0.3) is 0 Å². The maximum atomic E-state index is 13.0. The van der Waals surface area contributed by atoms with Gasteiger partial charge < -0.3 is 11.1 Å². The smallest absolute Gasteiger partial charge is 0.248 e. The Bertz CT molecular complexity index is 272. The Morgan fingerprint density at radius 2 is 1.94 bits per heavy atom. The molecule has 0 aromatic heterocycles. The fourth-order valence-electron chi connectivity index (χ4n) is 2.35. The highest BCUT2D eigenvalue weighted by molar-refractivity contribution is 5.79. The van der Waals surface area contributed by atoms with Crippen molar-refractivity contribution in [1.29, 1.82) is 0 Å². The zero-order valence-corrected chi connectivity index (χ0v) is 11.2. The number of alkyl halides is 2. The third-order valence-corrected chi connectivity index (χ3v) is 3.70. The minimum Gasteiger partial charge on any atom is -0.353 e. The van der Waals surface area contributed by atoms with Crippen molar-refractivity contribution in [2.75, 3.05) is 6.54 Å². The summed E-state index contributed by atoms with van der Waals surface area (Å²) in [5, 5.41) is 2.95. The Hall–Kier alpha value is -0.710. The van der Waals surface area contributed by atoms with Crippen LogP contribution in [0.3, 0.4) is 0 Å². The SMILES string of the molecule is CC(C)C(CCN)NC(=O)C1CCC(F)(F)CC1. The van der Waals surface area contributed by atoms with Crippen LogP contribution >= 0.6 is 0 Å². The first-order chi connectivity index (χ1) is 8.35. The molecule has 0 aromatic rings. The second-order valence-corrected chi connectivity index (χ2v) is 5.57. The minimum absolute atomic E-state index is 0.0462. The van der Waals surface area contributed by atoms with Crippen molar-refractivity contribution in [3.63, 3.8) is 0 Å². The molecule has 0 spiro atoms. The molecule has 3 nitrogen and oxygen atoms in total. The van der Waals surface area contributed by atoms with Crippen LogP contribution in [0.2, 0.25) is 0 Å². The van der Waals surface area contributed by atoms with E-state index in [0.29, 0.717) is 12.5 Å².